The number of sulfonamides is 1. The van der Waals surface area contributed by atoms with Gasteiger partial charge in [0.1, 0.15) is 4.90 Å². The number of halogens is 3. The van der Waals surface area contributed by atoms with Crippen molar-refractivity contribution < 1.29 is 12.8 Å². The Morgan fingerprint density at radius 2 is 1.76 bits per heavy atom. The van der Waals surface area contributed by atoms with Gasteiger partial charge in [-0.25, -0.2) is 17.5 Å². The fourth-order valence-corrected chi connectivity index (χ4v) is 3.34. The largest absolute Gasteiger partial charge is 0.242 e. The van der Waals surface area contributed by atoms with Gasteiger partial charge in [0.2, 0.25) is 10.0 Å². The fourth-order valence-electron chi connectivity index (χ4n) is 1.17. The second-order valence-corrected chi connectivity index (χ2v) is 6.96. The summed E-state index contributed by atoms with van der Waals surface area (Å²) < 4.78 is 39.6. The molecule has 0 heterocycles. The van der Waals surface area contributed by atoms with Gasteiger partial charge in [0, 0.05) is 5.54 Å². The first kappa shape index (κ1) is 14.7. The van der Waals surface area contributed by atoms with Crippen molar-refractivity contribution in [2.75, 3.05) is 0 Å². The summed E-state index contributed by atoms with van der Waals surface area (Å²) in [6, 6.07) is 2.32. The summed E-state index contributed by atoms with van der Waals surface area (Å²) in [5.41, 5.74) is -0.682. The Hall–Kier alpha value is -0.360. The highest BCUT2D eigenvalue weighted by Gasteiger charge is 2.26. The van der Waals surface area contributed by atoms with Gasteiger partial charge < -0.3 is 0 Å². The number of hydrogen-bond acceptors (Lipinski definition) is 2. The molecule has 0 aliphatic carbocycles. The Labute approximate surface area is 110 Å². The molecule has 0 atom stereocenters. The van der Waals surface area contributed by atoms with E-state index in [1.54, 1.807) is 20.8 Å². The molecule has 0 aliphatic heterocycles. The summed E-state index contributed by atoms with van der Waals surface area (Å²) in [6.07, 6.45) is 0. The fraction of sp³-hybridized carbons (Fsp3) is 0.400. The van der Waals surface area contributed by atoms with Gasteiger partial charge in [0.15, 0.2) is 5.82 Å². The van der Waals surface area contributed by atoms with Crippen molar-refractivity contribution >= 4 is 33.2 Å². The maximum Gasteiger partial charge on any atom is 0.242 e. The molecule has 0 fully saturated rings. The van der Waals surface area contributed by atoms with Gasteiger partial charge in [0.05, 0.1) is 10.0 Å². The standard InChI is InChI=1S/C10H12Cl2FNO2S/c1-10(2,3)14-17(15,16)7-5-4-6(11)9(13)8(7)12/h4-5,14H,1-3H3. The highest BCUT2D eigenvalue weighted by Crippen LogP contribution is 2.29. The van der Waals surface area contributed by atoms with Crippen LogP contribution in [0.4, 0.5) is 4.39 Å². The Kier molecular flexibility index (Phi) is 4.08. The number of hydrogen-bond donors (Lipinski definition) is 1. The smallest absolute Gasteiger partial charge is 0.207 e. The van der Waals surface area contributed by atoms with E-state index >= 15 is 0 Å². The molecule has 0 spiro atoms. The predicted octanol–water partition coefficient (Wildman–Crippen LogP) is 3.21. The van der Waals surface area contributed by atoms with Crippen LogP contribution in [-0.4, -0.2) is 14.0 Å². The topological polar surface area (TPSA) is 46.2 Å². The van der Waals surface area contributed by atoms with Crippen molar-refractivity contribution in [2.45, 2.75) is 31.2 Å². The molecule has 0 saturated heterocycles. The van der Waals surface area contributed by atoms with Gasteiger partial charge >= 0.3 is 0 Å². The summed E-state index contributed by atoms with van der Waals surface area (Å²) in [7, 11) is -3.87. The van der Waals surface area contributed by atoms with Gasteiger partial charge in [0.25, 0.3) is 0 Å². The third-order valence-corrected chi connectivity index (χ3v) is 4.30. The second kappa shape index (κ2) is 4.72. The molecule has 7 heteroatoms. The zero-order valence-corrected chi connectivity index (χ0v) is 11.8. The van der Waals surface area contributed by atoms with Gasteiger partial charge in [-0.05, 0) is 32.9 Å². The molecule has 0 amide bonds. The van der Waals surface area contributed by atoms with Crippen molar-refractivity contribution in [3.63, 3.8) is 0 Å². The summed E-state index contributed by atoms with van der Waals surface area (Å²) in [5.74, 6) is -0.940. The van der Waals surface area contributed by atoms with Crippen LogP contribution in [0.25, 0.3) is 0 Å². The molecule has 1 rings (SSSR count). The Bertz CT molecular complexity index is 538. The molecule has 1 aromatic carbocycles. The van der Waals surface area contributed by atoms with Crippen molar-refractivity contribution in [3.8, 4) is 0 Å². The first-order valence-electron chi connectivity index (χ1n) is 4.72. The van der Waals surface area contributed by atoms with Gasteiger partial charge in [-0.3, -0.25) is 0 Å². The van der Waals surface area contributed by atoms with Crippen LogP contribution in [0.15, 0.2) is 17.0 Å². The van der Waals surface area contributed by atoms with Crippen LogP contribution in [-0.2, 0) is 10.0 Å². The Morgan fingerprint density at radius 1 is 1.24 bits per heavy atom. The quantitative estimate of drug-likeness (QED) is 0.852. The summed E-state index contributed by atoms with van der Waals surface area (Å²) in [5, 5.41) is -0.723. The van der Waals surface area contributed by atoms with E-state index in [-0.39, 0.29) is 9.92 Å². The first-order valence-corrected chi connectivity index (χ1v) is 6.96. The van der Waals surface area contributed by atoms with Crippen molar-refractivity contribution in [1.82, 2.24) is 4.72 Å². The lowest BCUT2D eigenvalue weighted by Crippen LogP contribution is -2.40. The average Bonchev–Trinajstić information content (AvgIpc) is 2.09. The van der Waals surface area contributed by atoms with Gasteiger partial charge in [-0.1, -0.05) is 23.2 Å². The summed E-state index contributed by atoms with van der Waals surface area (Å²) >= 11 is 11.1. The minimum Gasteiger partial charge on any atom is -0.207 e. The predicted molar refractivity (Wildman–Crippen MR) is 66.5 cm³/mol. The SMILES string of the molecule is CC(C)(C)NS(=O)(=O)c1ccc(Cl)c(F)c1Cl. The van der Waals surface area contributed by atoms with Crippen LogP contribution in [0.5, 0.6) is 0 Å². The maximum absolute atomic E-state index is 13.4. The van der Waals surface area contributed by atoms with E-state index < -0.39 is 26.4 Å². The molecule has 1 aromatic rings. The Morgan fingerprint density at radius 3 is 2.24 bits per heavy atom. The third-order valence-electron chi connectivity index (χ3n) is 1.73. The maximum atomic E-state index is 13.4. The minimum absolute atomic E-state index is 0.218. The number of rotatable bonds is 2. The van der Waals surface area contributed by atoms with Crippen LogP contribution in [0, 0.1) is 5.82 Å². The van der Waals surface area contributed by atoms with E-state index in [1.807, 2.05) is 0 Å². The molecule has 96 valence electrons. The second-order valence-electron chi connectivity index (χ2n) is 4.53. The number of nitrogens with one attached hydrogen (secondary N) is 1. The highest BCUT2D eigenvalue weighted by molar-refractivity contribution is 7.89. The van der Waals surface area contributed by atoms with E-state index in [0.717, 1.165) is 6.07 Å². The highest BCUT2D eigenvalue weighted by atomic mass is 35.5. The minimum atomic E-state index is -3.87. The average molecular weight is 300 g/mol. The van der Waals surface area contributed by atoms with Crippen molar-refractivity contribution in [3.05, 3.63) is 28.0 Å². The third kappa shape index (κ3) is 3.55. The van der Waals surface area contributed by atoms with Crippen molar-refractivity contribution in [2.24, 2.45) is 0 Å². The molecule has 0 unspecified atom stereocenters. The van der Waals surface area contributed by atoms with E-state index in [4.69, 9.17) is 23.2 Å². The zero-order valence-electron chi connectivity index (χ0n) is 9.51. The molecule has 0 radical (unpaired) electrons. The van der Waals surface area contributed by atoms with Crippen LogP contribution in [0.2, 0.25) is 10.0 Å². The molecule has 0 bridgehead atoms. The molecule has 0 aromatic heterocycles. The molecule has 0 saturated carbocycles. The van der Waals surface area contributed by atoms with Crippen molar-refractivity contribution in [1.29, 1.82) is 0 Å². The lowest BCUT2D eigenvalue weighted by atomic mass is 10.1. The summed E-state index contributed by atoms with van der Waals surface area (Å²) in [4.78, 5) is -0.323. The first-order chi connectivity index (χ1) is 7.54. The monoisotopic (exact) mass is 299 g/mol. The normalized spacial score (nSPS) is 12.8. The van der Waals surface area contributed by atoms with Crippen LogP contribution in [0.1, 0.15) is 20.8 Å². The zero-order chi connectivity index (χ0) is 13.4. The number of benzene rings is 1. The van der Waals surface area contributed by atoms with Crippen LogP contribution < -0.4 is 4.72 Å². The van der Waals surface area contributed by atoms with Gasteiger partial charge in [-0.2, -0.15) is 0 Å². The lowest BCUT2D eigenvalue weighted by Gasteiger charge is -2.20. The van der Waals surface area contributed by atoms with Crippen LogP contribution >= 0.6 is 23.2 Å². The lowest BCUT2D eigenvalue weighted by molar-refractivity contribution is 0.491. The van der Waals surface area contributed by atoms with Gasteiger partial charge in [-0.15, -0.1) is 0 Å². The Balaban J connectivity index is 3.31. The van der Waals surface area contributed by atoms with E-state index in [9.17, 15) is 12.8 Å². The van der Waals surface area contributed by atoms with E-state index in [1.165, 1.54) is 6.07 Å². The van der Waals surface area contributed by atoms with E-state index in [0.29, 0.717) is 0 Å². The molecule has 17 heavy (non-hydrogen) atoms. The molecule has 3 nitrogen and oxygen atoms in total. The van der Waals surface area contributed by atoms with Crippen LogP contribution in [0.3, 0.4) is 0 Å². The molecular formula is C10H12Cl2FNO2S. The van der Waals surface area contributed by atoms with E-state index in [2.05, 4.69) is 4.72 Å². The molecule has 1 N–H and O–H groups in total. The summed E-state index contributed by atoms with van der Waals surface area (Å²) in [6.45, 7) is 5.01. The molecule has 0 aliphatic rings. The molecular weight excluding hydrogens is 288 g/mol.